The number of hydrogen-bond donors (Lipinski definition) is 1. The van der Waals surface area contributed by atoms with Crippen LogP contribution in [-0.2, 0) is 19.1 Å². The molecule has 164 valence electrons. The van der Waals surface area contributed by atoms with Crippen LogP contribution in [0, 0.1) is 18.8 Å². The number of fused-ring (bicyclic) bond motifs is 1. The van der Waals surface area contributed by atoms with Crippen molar-refractivity contribution in [3.8, 4) is 0 Å². The number of rotatable bonds is 5. The van der Waals surface area contributed by atoms with Gasteiger partial charge in [-0.2, -0.15) is 0 Å². The first-order chi connectivity index (χ1) is 15.3. The zero-order valence-electron chi connectivity index (χ0n) is 17.3. The second-order valence-electron chi connectivity index (χ2n) is 7.80. The Kier molecular flexibility index (Phi) is 6.23. The summed E-state index contributed by atoms with van der Waals surface area (Å²) in [5.74, 6) is -2.17. The van der Waals surface area contributed by atoms with Crippen molar-refractivity contribution in [3.63, 3.8) is 0 Å². The van der Waals surface area contributed by atoms with E-state index in [-0.39, 0.29) is 29.2 Å². The highest BCUT2D eigenvalue weighted by Crippen LogP contribution is 2.37. The molecule has 2 aromatic rings. The fraction of sp³-hybridized carbons (Fsp3) is 0.250. The first-order valence-corrected chi connectivity index (χ1v) is 11.0. The molecule has 0 aromatic heterocycles. The van der Waals surface area contributed by atoms with Crippen LogP contribution in [0.4, 0.5) is 11.4 Å². The summed E-state index contributed by atoms with van der Waals surface area (Å²) in [7, 11) is 0. The lowest BCUT2D eigenvalue weighted by Gasteiger charge is -2.15. The molecule has 8 heteroatoms. The van der Waals surface area contributed by atoms with Crippen LogP contribution >= 0.6 is 15.9 Å². The molecule has 0 bridgehead atoms. The molecule has 0 unspecified atom stereocenters. The number of benzene rings is 2. The van der Waals surface area contributed by atoms with Crippen LogP contribution in [0.5, 0.6) is 0 Å². The Hall–Kier alpha value is -3.26. The highest BCUT2D eigenvalue weighted by atomic mass is 79.9. The molecule has 1 saturated heterocycles. The van der Waals surface area contributed by atoms with Gasteiger partial charge < -0.3 is 10.1 Å². The van der Waals surface area contributed by atoms with Gasteiger partial charge in [-0.15, -0.1) is 0 Å². The minimum absolute atomic E-state index is 0.209. The first-order valence-electron chi connectivity index (χ1n) is 10.2. The van der Waals surface area contributed by atoms with Crippen molar-refractivity contribution in [2.75, 3.05) is 16.8 Å². The second kappa shape index (κ2) is 9.08. The summed E-state index contributed by atoms with van der Waals surface area (Å²) in [4.78, 5) is 50.9. The van der Waals surface area contributed by atoms with Crippen LogP contribution in [0.1, 0.15) is 28.8 Å². The first kappa shape index (κ1) is 22.0. The third kappa shape index (κ3) is 4.36. The molecule has 4 rings (SSSR count). The molecule has 0 saturated carbocycles. The second-order valence-corrected chi connectivity index (χ2v) is 8.66. The lowest BCUT2D eigenvalue weighted by molar-refractivity contribution is -0.122. The molecular formula is C24H21BrN2O5. The van der Waals surface area contributed by atoms with Crippen molar-refractivity contribution in [2.45, 2.75) is 19.8 Å². The number of nitrogens with one attached hydrogen (secondary N) is 1. The number of carbonyl (C=O) groups excluding carboxylic acids is 4. The minimum Gasteiger partial charge on any atom is -0.452 e. The molecule has 7 nitrogen and oxygen atoms in total. The summed E-state index contributed by atoms with van der Waals surface area (Å²) < 4.78 is 6.01. The SMILES string of the molecule is Cc1cc(NC(=O)COC(=O)c2ccc(N3C(=O)[C@H]4CC=CC[C@@H]4C3=O)cc2)ccc1Br. The molecular weight excluding hydrogens is 476 g/mol. The zero-order valence-corrected chi connectivity index (χ0v) is 18.9. The number of carbonyl (C=O) groups is 4. The standard InChI is InChI=1S/C24H21BrN2O5/c1-14-12-16(8-11-20(14)25)26-21(28)13-32-24(31)15-6-9-17(10-7-15)27-22(29)18-4-2-3-5-19(18)23(27)30/h2-3,6-12,18-19H,4-5,13H2,1H3,(H,26,28)/t18-,19-/m0/s1. The summed E-state index contributed by atoms with van der Waals surface area (Å²) in [6, 6.07) is 11.4. The predicted octanol–water partition coefficient (Wildman–Crippen LogP) is 4.01. The molecule has 1 heterocycles. The highest BCUT2D eigenvalue weighted by molar-refractivity contribution is 9.10. The van der Waals surface area contributed by atoms with Gasteiger partial charge in [0, 0.05) is 10.2 Å². The average Bonchev–Trinajstić information content (AvgIpc) is 3.05. The van der Waals surface area contributed by atoms with E-state index in [1.54, 1.807) is 24.3 Å². The summed E-state index contributed by atoms with van der Waals surface area (Å²) in [5, 5.41) is 2.67. The monoisotopic (exact) mass is 496 g/mol. The van der Waals surface area contributed by atoms with Gasteiger partial charge in [-0.05, 0) is 67.8 Å². The van der Waals surface area contributed by atoms with Gasteiger partial charge in [0.05, 0.1) is 23.1 Å². The number of ether oxygens (including phenoxy) is 1. The van der Waals surface area contributed by atoms with E-state index in [1.807, 2.05) is 25.1 Å². The van der Waals surface area contributed by atoms with Crippen molar-refractivity contribution in [1.82, 2.24) is 0 Å². The fourth-order valence-corrected chi connectivity index (χ4v) is 4.18. The quantitative estimate of drug-likeness (QED) is 0.383. The number of aryl methyl sites for hydroxylation is 1. The van der Waals surface area contributed by atoms with Gasteiger partial charge in [0.2, 0.25) is 11.8 Å². The number of amides is 3. The van der Waals surface area contributed by atoms with Crippen molar-refractivity contribution < 1.29 is 23.9 Å². The Morgan fingerprint density at radius 2 is 1.66 bits per heavy atom. The van der Waals surface area contributed by atoms with Gasteiger partial charge in [-0.25, -0.2) is 4.79 Å². The zero-order chi connectivity index (χ0) is 22.8. The summed E-state index contributed by atoms with van der Waals surface area (Å²) >= 11 is 3.39. The topological polar surface area (TPSA) is 92.8 Å². The number of esters is 1. The van der Waals surface area contributed by atoms with E-state index in [0.717, 1.165) is 10.0 Å². The third-order valence-electron chi connectivity index (χ3n) is 5.64. The Morgan fingerprint density at radius 3 is 2.25 bits per heavy atom. The van der Waals surface area contributed by atoms with Crippen molar-refractivity contribution in [3.05, 3.63) is 70.2 Å². The molecule has 3 amide bonds. The molecule has 32 heavy (non-hydrogen) atoms. The van der Waals surface area contributed by atoms with Crippen LogP contribution in [0.3, 0.4) is 0 Å². The van der Waals surface area contributed by atoms with E-state index in [2.05, 4.69) is 21.2 Å². The van der Waals surface area contributed by atoms with E-state index in [4.69, 9.17) is 4.74 Å². The Balaban J connectivity index is 1.35. The number of halogens is 1. The summed E-state index contributed by atoms with van der Waals surface area (Å²) in [6.45, 7) is 1.46. The van der Waals surface area contributed by atoms with Gasteiger partial charge >= 0.3 is 5.97 Å². The van der Waals surface area contributed by atoms with Crippen LogP contribution < -0.4 is 10.2 Å². The van der Waals surface area contributed by atoms with E-state index in [9.17, 15) is 19.2 Å². The lowest BCUT2D eigenvalue weighted by Crippen LogP contribution is -2.30. The minimum atomic E-state index is -0.671. The number of nitrogens with zero attached hydrogens (tertiary/aromatic N) is 1. The number of imide groups is 1. The maximum atomic E-state index is 12.7. The van der Waals surface area contributed by atoms with Crippen molar-refractivity contribution >= 4 is 51.0 Å². The molecule has 1 aliphatic carbocycles. The summed E-state index contributed by atoms with van der Waals surface area (Å²) in [6.07, 6.45) is 5.00. The largest absolute Gasteiger partial charge is 0.452 e. The molecule has 1 N–H and O–H groups in total. The molecule has 2 atom stereocenters. The van der Waals surface area contributed by atoms with Gasteiger partial charge in [0.15, 0.2) is 6.61 Å². The summed E-state index contributed by atoms with van der Waals surface area (Å²) in [5.41, 5.74) is 2.21. The van der Waals surface area contributed by atoms with E-state index < -0.39 is 18.5 Å². The number of allylic oxidation sites excluding steroid dienone is 2. The predicted molar refractivity (Wildman–Crippen MR) is 122 cm³/mol. The average molecular weight is 497 g/mol. The van der Waals surface area contributed by atoms with Crippen molar-refractivity contribution in [1.29, 1.82) is 0 Å². The number of anilines is 2. The van der Waals surface area contributed by atoms with E-state index >= 15 is 0 Å². The van der Waals surface area contributed by atoms with Crippen LogP contribution in [0.15, 0.2) is 59.1 Å². The molecule has 1 fully saturated rings. The highest BCUT2D eigenvalue weighted by Gasteiger charge is 2.47. The Bertz CT molecular complexity index is 1100. The van der Waals surface area contributed by atoms with Crippen LogP contribution in [-0.4, -0.2) is 30.3 Å². The Labute approximate surface area is 193 Å². The van der Waals surface area contributed by atoms with Gasteiger partial charge in [-0.1, -0.05) is 28.1 Å². The lowest BCUT2D eigenvalue weighted by atomic mass is 9.85. The molecule has 0 radical (unpaired) electrons. The van der Waals surface area contributed by atoms with Crippen LogP contribution in [0.2, 0.25) is 0 Å². The van der Waals surface area contributed by atoms with Gasteiger partial charge in [0.25, 0.3) is 5.91 Å². The normalized spacial score (nSPS) is 19.6. The maximum absolute atomic E-state index is 12.7. The molecule has 0 spiro atoms. The van der Waals surface area contributed by atoms with Crippen molar-refractivity contribution in [2.24, 2.45) is 11.8 Å². The molecule has 2 aromatic carbocycles. The molecule has 1 aliphatic heterocycles. The Morgan fingerprint density at radius 1 is 1.03 bits per heavy atom. The van der Waals surface area contributed by atoms with Gasteiger partial charge in [0.1, 0.15) is 0 Å². The smallest absolute Gasteiger partial charge is 0.338 e. The van der Waals surface area contributed by atoms with E-state index in [1.165, 1.54) is 17.0 Å². The maximum Gasteiger partial charge on any atom is 0.338 e. The third-order valence-corrected chi connectivity index (χ3v) is 6.53. The van der Waals surface area contributed by atoms with E-state index in [0.29, 0.717) is 24.2 Å². The number of hydrogen-bond acceptors (Lipinski definition) is 5. The molecule has 2 aliphatic rings. The van der Waals surface area contributed by atoms with Crippen LogP contribution in [0.25, 0.3) is 0 Å². The fourth-order valence-electron chi connectivity index (χ4n) is 3.94. The van der Waals surface area contributed by atoms with Gasteiger partial charge in [-0.3, -0.25) is 19.3 Å².